The highest BCUT2D eigenvalue weighted by atomic mass is 17.0. The number of carbonyl (C=O) groups excluding carboxylic acids is 1. The minimum atomic E-state index is -1.03. The van der Waals surface area contributed by atoms with E-state index in [1.165, 1.54) is 6.20 Å². The first-order valence-corrected chi connectivity index (χ1v) is 4.16. The van der Waals surface area contributed by atoms with Gasteiger partial charge < -0.3 is 5.73 Å². The zero-order valence-corrected chi connectivity index (χ0v) is 7.97. The van der Waals surface area contributed by atoms with Gasteiger partial charge in [-0.15, -0.1) is 10.1 Å². The molecule has 15 heavy (non-hydrogen) atoms. The molecule has 1 aromatic rings. The maximum absolute atomic E-state index is 11.1. The summed E-state index contributed by atoms with van der Waals surface area (Å²) in [5, 5.41) is 9.10. The summed E-state index contributed by atoms with van der Waals surface area (Å²) < 4.78 is 0. The molecule has 7 nitrogen and oxygen atoms in total. The summed E-state index contributed by atoms with van der Waals surface area (Å²) in [4.78, 5) is 28.9. The number of nitrogens with zero attached hydrogens (tertiary/aromatic N) is 2. The van der Waals surface area contributed by atoms with E-state index in [2.05, 4.69) is 9.82 Å². The lowest BCUT2D eigenvalue weighted by molar-refractivity contribution is -0.712. The number of rotatable bonds is 4. The second-order valence-corrected chi connectivity index (χ2v) is 2.68. The molecule has 0 aliphatic heterocycles. The third kappa shape index (κ3) is 2.39. The molecule has 1 amide bonds. The van der Waals surface area contributed by atoms with Crippen LogP contribution in [0.4, 0.5) is 0 Å². The van der Waals surface area contributed by atoms with Gasteiger partial charge in [0, 0.05) is 6.20 Å². The molecule has 0 aliphatic carbocycles. The molecule has 0 radical (unpaired) electrons. The van der Waals surface area contributed by atoms with E-state index in [4.69, 9.17) is 5.73 Å². The Kier molecular flexibility index (Phi) is 3.17. The van der Waals surface area contributed by atoms with Crippen molar-refractivity contribution >= 4 is 5.91 Å². The second kappa shape index (κ2) is 4.36. The van der Waals surface area contributed by atoms with Gasteiger partial charge in [0.1, 0.15) is 0 Å². The minimum Gasteiger partial charge on any atom is -0.365 e. The van der Waals surface area contributed by atoms with Gasteiger partial charge in [-0.2, -0.15) is 0 Å². The van der Waals surface area contributed by atoms with Crippen LogP contribution in [0.1, 0.15) is 22.8 Å². The van der Waals surface area contributed by atoms with Crippen molar-refractivity contribution in [2.45, 2.75) is 13.3 Å². The average molecular weight is 211 g/mol. The highest BCUT2D eigenvalue weighted by molar-refractivity contribution is 5.96. The van der Waals surface area contributed by atoms with Crippen LogP contribution in [0.5, 0.6) is 5.88 Å². The second-order valence-electron chi connectivity index (χ2n) is 2.68. The molecule has 0 spiro atoms. The quantitative estimate of drug-likeness (QED) is 0.569. The van der Waals surface area contributed by atoms with Crippen LogP contribution in [-0.4, -0.2) is 16.0 Å². The summed E-state index contributed by atoms with van der Waals surface area (Å²) in [7, 11) is 0. The summed E-state index contributed by atoms with van der Waals surface area (Å²) in [6.45, 7) is 1.79. The lowest BCUT2D eigenvalue weighted by Crippen LogP contribution is -2.18. The summed E-state index contributed by atoms with van der Waals surface area (Å²) in [6.07, 6.45) is 1.83. The van der Waals surface area contributed by atoms with E-state index < -0.39 is 11.0 Å². The Bertz CT molecular complexity index is 405. The third-order valence-electron chi connectivity index (χ3n) is 1.79. The van der Waals surface area contributed by atoms with Crippen LogP contribution in [-0.2, 0) is 6.42 Å². The van der Waals surface area contributed by atoms with Gasteiger partial charge in [-0.3, -0.25) is 9.63 Å². The van der Waals surface area contributed by atoms with E-state index in [-0.39, 0.29) is 11.4 Å². The summed E-state index contributed by atoms with van der Waals surface area (Å²) >= 11 is 0. The van der Waals surface area contributed by atoms with Crippen LogP contribution in [0.25, 0.3) is 0 Å². The number of amides is 1. The monoisotopic (exact) mass is 211 g/mol. The Morgan fingerprint density at radius 1 is 1.73 bits per heavy atom. The van der Waals surface area contributed by atoms with Gasteiger partial charge in [-0.1, -0.05) is 6.92 Å². The van der Waals surface area contributed by atoms with Crippen molar-refractivity contribution in [3.05, 3.63) is 33.5 Å². The van der Waals surface area contributed by atoms with Gasteiger partial charge in [0.15, 0.2) is 0 Å². The van der Waals surface area contributed by atoms with Crippen molar-refractivity contribution in [2.24, 2.45) is 5.73 Å². The van der Waals surface area contributed by atoms with E-state index in [0.29, 0.717) is 12.0 Å². The number of aromatic nitrogens is 1. The SMILES string of the molecule is CCc1ccnc(O[N+](=O)[O-])c1C(N)=O. The van der Waals surface area contributed by atoms with Gasteiger partial charge in [-0.25, -0.2) is 4.98 Å². The molecule has 0 aromatic carbocycles. The molecule has 1 heterocycles. The first-order valence-electron chi connectivity index (χ1n) is 4.16. The third-order valence-corrected chi connectivity index (χ3v) is 1.79. The molecule has 80 valence electrons. The van der Waals surface area contributed by atoms with Crippen LogP contribution < -0.4 is 10.6 Å². The van der Waals surface area contributed by atoms with Crippen LogP contribution >= 0.6 is 0 Å². The number of aryl methyl sites for hydroxylation is 1. The summed E-state index contributed by atoms with van der Waals surface area (Å²) in [5.41, 5.74) is 5.60. The molecule has 1 rings (SSSR count). The van der Waals surface area contributed by atoms with Gasteiger partial charge in [0.2, 0.25) is 5.88 Å². The van der Waals surface area contributed by atoms with Crippen molar-refractivity contribution < 1.29 is 14.7 Å². The standard InChI is InChI=1S/C8H9N3O4/c1-2-5-3-4-10-8(15-11(13)14)6(5)7(9)12/h3-4H,2H2,1H3,(H2,9,12). The summed E-state index contributed by atoms with van der Waals surface area (Å²) in [6, 6.07) is 1.56. The topological polar surface area (TPSA) is 108 Å². The van der Waals surface area contributed by atoms with Crippen molar-refractivity contribution in [1.29, 1.82) is 0 Å². The van der Waals surface area contributed by atoms with E-state index in [1.807, 2.05) is 0 Å². The molecule has 0 saturated carbocycles. The number of hydrogen-bond donors (Lipinski definition) is 1. The first kappa shape index (κ1) is 10.9. The maximum atomic E-state index is 11.1. The van der Waals surface area contributed by atoms with Crippen molar-refractivity contribution in [1.82, 2.24) is 4.98 Å². The minimum absolute atomic E-state index is 0.0447. The lowest BCUT2D eigenvalue weighted by atomic mass is 10.1. The highest BCUT2D eigenvalue weighted by Crippen LogP contribution is 2.19. The van der Waals surface area contributed by atoms with E-state index >= 15 is 0 Å². The van der Waals surface area contributed by atoms with E-state index in [0.717, 1.165) is 0 Å². The Morgan fingerprint density at radius 3 is 2.87 bits per heavy atom. The smallest absolute Gasteiger partial charge is 0.301 e. The number of carbonyl (C=O) groups is 1. The fourth-order valence-electron chi connectivity index (χ4n) is 1.18. The van der Waals surface area contributed by atoms with Crippen LogP contribution in [0.3, 0.4) is 0 Å². The predicted octanol–water partition coefficient (Wildman–Crippen LogP) is 0.313. The Hall–Kier alpha value is -2.18. The number of nitrogens with two attached hydrogens (primary N) is 1. The lowest BCUT2D eigenvalue weighted by Gasteiger charge is -2.07. The number of primary amides is 1. The fourth-order valence-corrected chi connectivity index (χ4v) is 1.18. The first-order chi connectivity index (χ1) is 7.06. The van der Waals surface area contributed by atoms with Crippen LogP contribution in [0, 0.1) is 10.1 Å². The van der Waals surface area contributed by atoms with Gasteiger partial charge in [0.25, 0.3) is 5.91 Å². The molecule has 0 unspecified atom stereocenters. The normalized spacial score (nSPS) is 9.67. The van der Waals surface area contributed by atoms with Gasteiger partial charge >= 0.3 is 5.09 Å². The molecule has 2 N–H and O–H groups in total. The van der Waals surface area contributed by atoms with Crippen LogP contribution in [0.15, 0.2) is 12.3 Å². The molecular weight excluding hydrogens is 202 g/mol. The molecule has 0 aliphatic rings. The van der Waals surface area contributed by atoms with Gasteiger partial charge in [0.05, 0.1) is 5.56 Å². The maximum Gasteiger partial charge on any atom is 0.301 e. The van der Waals surface area contributed by atoms with Crippen LogP contribution in [0.2, 0.25) is 0 Å². The zero-order chi connectivity index (χ0) is 11.4. The average Bonchev–Trinajstić information content (AvgIpc) is 2.15. The van der Waals surface area contributed by atoms with E-state index in [1.54, 1.807) is 13.0 Å². The molecular formula is C8H9N3O4. The molecule has 1 aromatic heterocycles. The van der Waals surface area contributed by atoms with Gasteiger partial charge in [-0.05, 0) is 18.1 Å². The number of pyridine rings is 1. The van der Waals surface area contributed by atoms with Crippen molar-refractivity contribution in [3.63, 3.8) is 0 Å². The Balaban J connectivity index is 3.25. The van der Waals surface area contributed by atoms with E-state index in [9.17, 15) is 14.9 Å². The summed E-state index contributed by atoms with van der Waals surface area (Å²) in [5.74, 6) is -1.16. The fraction of sp³-hybridized carbons (Fsp3) is 0.250. The molecule has 7 heteroatoms. The highest BCUT2D eigenvalue weighted by Gasteiger charge is 2.16. The zero-order valence-electron chi connectivity index (χ0n) is 7.97. The molecule has 0 atom stereocenters. The largest absolute Gasteiger partial charge is 0.365 e. The van der Waals surface area contributed by atoms with Crippen molar-refractivity contribution in [2.75, 3.05) is 0 Å². The number of hydrogen-bond acceptors (Lipinski definition) is 5. The molecule has 0 bridgehead atoms. The predicted molar refractivity (Wildman–Crippen MR) is 49.8 cm³/mol. The molecule has 0 fully saturated rings. The molecule has 0 saturated heterocycles. The van der Waals surface area contributed by atoms with Crippen molar-refractivity contribution in [3.8, 4) is 5.88 Å². The Labute approximate surface area is 85.0 Å². The Morgan fingerprint density at radius 2 is 2.40 bits per heavy atom.